The van der Waals surface area contributed by atoms with Crippen LogP contribution in [0.4, 0.5) is 5.69 Å². The van der Waals surface area contributed by atoms with E-state index in [1.807, 2.05) is 64.1 Å². The summed E-state index contributed by atoms with van der Waals surface area (Å²) in [6.45, 7) is 8.38. The van der Waals surface area contributed by atoms with Crippen molar-refractivity contribution >= 4 is 32.5 Å². The third-order valence-corrected chi connectivity index (χ3v) is 8.38. The minimum atomic E-state index is -3.76. The average Bonchev–Trinajstić information content (AvgIpc) is 3.52. The summed E-state index contributed by atoms with van der Waals surface area (Å²) in [5.41, 5.74) is 4.09. The number of likely N-dealkylation sites (tertiary alicyclic amines) is 1. The highest BCUT2D eigenvalue weighted by atomic mass is 32.2. The maximum atomic E-state index is 13.4. The molecule has 0 atom stereocenters. The van der Waals surface area contributed by atoms with Crippen LogP contribution in [0.25, 0.3) is 10.9 Å². The van der Waals surface area contributed by atoms with E-state index in [4.69, 9.17) is 0 Å². The van der Waals surface area contributed by atoms with Crippen LogP contribution in [0.1, 0.15) is 55.2 Å². The van der Waals surface area contributed by atoms with Gasteiger partial charge >= 0.3 is 0 Å². The zero-order valence-corrected chi connectivity index (χ0v) is 22.4. The van der Waals surface area contributed by atoms with E-state index >= 15 is 0 Å². The molecule has 192 valence electrons. The van der Waals surface area contributed by atoms with Crippen molar-refractivity contribution in [2.24, 2.45) is 0 Å². The summed E-state index contributed by atoms with van der Waals surface area (Å²) in [6, 6.07) is 24.4. The lowest BCUT2D eigenvalue weighted by Crippen LogP contribution is -2.29. The number of rotatable bonds is 6. The summed E-state index contributed by atoms with van der Waals surface area (Å²) in [5.74, 6) is 0.0192. The number of anilines is 1. The van der Waals surface area contributed by atoms with Gasteiger partial charge in [0.2, 0.25) is 0 Å². The summed E-state index contributed by atoms with van der Waals surface area (Å²) in [4.78, 5) is 15.5. The number of sulfonamides is 1. The zero-order valence-electron chi connectivity index (χ0n) is 21.6. The first-order chi connectivity index (χ1) is 17.6. The summed E-state index contributed by atoms with van der Waals surface area (Å²) in [6.07, 6.45) is 2.04. The molecule has 7 heteroatoms. The van der Waals surface area contributed by atoms with Crippen LogP contribution in [0.15, 0.2) is 83.8 Å². The first-order valence-electron chi connectivity index (χ1n) is 12.7. The molecule has 1 aliphatic heterocycles. The van der Waals surface area contributed by atoms with Crippen LogP contribution in [0.2, 0.25) is 0 Å². The van der Waals surface area contributed by atoms with Gasteiger partial charge in [-0.2, -0.15) is 0 Å². The summed E-state index contributed by atoms with van der Waals surface area (Å²) >= 11 is 0. The monoisotopic (exact) mass is 515 g/mol. The lowest BCUT2D eigenvalue weighted by Gasteiger charge is -2.19. The summed E-state index contributed by atoms with van der Waals surface area (Å²) < 4.78 is 31.0. The number of nitrogens with zero attached hydrogens (tertiary/aromatic N) is 2. The van der Waals surface area contributed by atoms with Crippen LogP contribution in [-0.4, -0.2) is 36.9 Å². The number of hydrogen-bond acceptors (Lipinski definition) is 3. The van der Waals surface area contributed by atoms with Crippen molar-refractivity contribution in [1.82, 2.24) is 9.47 Å². The second-order valence-electron chi connectivity index (χ2n) is 10.8. The van der Waals surface area contributed by atoms with Gasteiger partial charge in [0.05, 0.1) is 4.90 Å². The molecule has 1 saturated heterocycles. The van der Waals surface area contributed by atoms with Crippen LogP contribution in [0.3, 0.4) is 0 Å². The quantitative estimate of drug-likeness (QED) is 0.341. The Morgan fingerprint density at radius 2 is 1.57 bits per heavy atom. The van der Waals surface area contributed by atoms with Crippen molar-refractivity contribution in [3.63, 3.8) is 0 Å². The van der Waals surface area contributed by atoms with Gasteiger partial charge in [0.15, 0.2) is 0 Å². The van der Waals surface area contributed by atoms with Gasteiger partial charge in [-0.15, -0.1) is 0 Å². The predicted molar refractivity (Wildman–Crippen MR) is 149 cm³/mol. The highest BCUT2D eigenvalue weighted by molar-refractivity contribution is 7.92. The molecule has 2 heterocycles. The number of carbonyl (C=O) groups excluding carboxylic acids is 1. The largest absolute Gasteiger partial charge is 0.337 e. The van der Waals surface area contributed by atoms with E-state index in [-0.39, 0.29) is 16.2 Å². The molecule has 3 aromatic carbocycles. The van der Waals surface area contributed by atoms with Gasteiger partial charge < -0.3 is 9.47 Å². The van der Waals surface area contributed by atoms with E-state index < -0.39 is 10.0 Å². The second-order valence-corrected chi connectivity index (χ2v) is 12.4. The van der Waals surface area contributed by atoms with Crippen LogP contribution in [0.5, 0.6) is 0 Å². The Hall–Kier alpha value is -3.58. The molecule has 0 spiro atoms. The molecule has 0 radical (unpaired) electrons. The van der Waals surface area contributed by atoms with Crippen molar-refractivity contribution in [2.45, 2.75) is 50.5 Å². The fourth-order valence-corrected chi connectivity index (χ4v) is 5.93. The molecule has 0 aliphatic carbocycles. The van der Waals surface area contributed by atoms with E-state index in [1.54, 1.807) is 24.3 Å². The van der Waals surface area contributed by atoms with E-state index in [2.05, 4.69) is 25.5 Å². The summed E-state index contributed by atoms with van der Waals surface area (Å²) in [7, 11) is -3.76. The van der Waals surface area contributed by atoms with Gasteiger partial charge in [0.25, 0.3) is 15.9 Å². The van der Waals surface area contributed by atoms with Gasteiger partial charge in [-0.25, -0.2) is 8.42 Å². The van der Waals surface area contributed by atoms with Gasteiger partial charge in [0.1, 0.15) is 5.69 Å². The molecule has 5 rings (SSSR count). The third-order valence-electron chi connectivity index (χ3n) is 6.98. The topological polar surface area (TPSA) is 71.4 Å². The smallest absolute Gasteiger partial charge is 0.270 e. The molecule has 6 nitrogen and oxygen atoms in total. The molecule has 1 aromatic heterocycles. The van der Waals surface area contributed by atoms with Crippen LogP contribution in [-0.2, 0) is 22.0 Å². The number of nitrogens with one attached hydrogen (secondary N) is 1. The van der Waals surface area contributed by atoms with Gasteiger partial charge in [-0.1, -0.05) is 63.2 Å². The Morgan fingerprint density at radius 3 is 2.22 bits per heavy atom. The Morgan fingerprint density at radius 1 is 0.892 bits per heavy atom. The highest BCUT2D eigenvalue weighted by Crippen LogP contribution is 2.29. The minimum absolute atomic E-state index is 0.0192. The zero-order chi connectivity index (χ0) is 26.2. The lowest BCUT2D eigenvalue weighted by atomic mass is 9.87. The number of benzene rings is 3. The van der Waals surface area contributed by atoms with E-state index in [9.17, 15) is 13.2 Å². The van der Waals surface area contributed by atoms with Crippen LogP contribution in [0, 0.1) is 0 Å². The van der Waals surface area contributed by atoms with Gasteiger partial charge in [0, 0.05) is 36.2 Å². The molecule has 0 saturated carbocycles. The molecular weight excluding hydrogens is 482 g/mol. The fraction of sp³-hybridized carbons (Fsp3) is 0.300. The highest BCUT2D eigenvalue weighted by Gasteiger charge is 2.24. The maximum Gasteiger partial charge on any atom is 0.270 e. The van der Waals surface area contributed by atoms with Crippen LogP contribution < -0.4 is 4.72 Å². The SMILES string of the molecule is CC(C)(C)c1ccc(S(=O)(=O)Nc2ccc3c(c2)cc(C(=O)N2CCCC2)n3Cc2ccccc2)cc1. The number of aromatic nitrogens is 1. The molecule has 1 N–H and O–H groups in total. The fourth-order valence-electron chi connectivity index (χ4n) is 4.88. The molecule has 0 unspecified atom stereocenters. The first kappa shape index (κ1) is 25.1. The molecular formula is C30H33N3O3S. The van der Waals surface area contributed by atoms with E-state index in [0.29, 0.717) is 17.9 Å². The van der Waals surface area contributed by atoms with Crippen molar-refractivity contribution < 1.29 is 13.2 Å². The Bertz CT molecular complexity index is 1530. The van der Waals surface area contributed by atoms with E-state index in [0.717, 1.165) is 48.0 Å². The Kier molecular flexibility index (Phi) is 6.58. The number of hydrogen-bond donors (Lipinski definition) is 1. The molecule has 0 bridgehead atoms. The Labute approximate surface area is 219 Å². The molecule has 1 aliphatic rings. The normalized spacial score (nSPS) is 14.3. The average molecular weight is 516 g/mol. The van der Waals surface area contributed by atoms with Crippen molar-refractivity contribution in [3.8, 4) is 0 Å². The number of fused-ring (bicyclic) bond motifs is 1. The van der Waals surface area contributed by atoms with Crippen molar-refractivity contribution in [3.05, 3.63) is 95.7 Å². The number of amides is 1. The minimum Gasteiger partial charge on any atom is -0.337 e. The lowest BCUT2D eigenvalue weighted by molar-refractivity contribution is 0.0783. The predicted octanol–water partition coefficient (Wildman–Crippen LogP) is 6.02. The molecule has 37 heavy (non-hydrogen) atoms. The van der Waals surface area contributed by atoms with Crippen molar-refractivity contribution in [1.29, 1.82) is 0 Å². The third kappa shape index (κ3) is 5.27. The van der Waals surface area contributed by atoms with Crippen LogP contribution >= 0.6 is 0 Å². The number of carbonyl (C=O) groups is 1. The summed E-state index contributed by atoms with van der Waals surface area (Å²) in [5, 5.41) is 0.821. The van der Waals surface area contributed by atoms with Gasteiger partial charge in [-0.3, -0.25) is 9.52 Å². The molecule has 4 aromatic rings. The van der Waals surface area contributed by atoms with Gasteiger partial charge in [-0.05, 0) is 65.8 Å². The van der Waals surface area contributed by atoms with E-state index in [1.165, 1.54) is 0 Å². The van der Waals surface area contributed by atoms with Crippen molar-refractivity contribution in [2.75, 3.05) is 17.8 Å². The first-order valence-corrected chi connectivity index (χ1v) is 14.2. The standard InChI is InChI=1S/C30H33N3O3S/c1-30(2,3)24-11-14-26(15-12-24)37(35,36)31-25-13-16-27-23(19-25)20-28(29(34)32-17-7-8-18-32)33(27)21-22-9-5-4-6-10-22/h4-6,9-16,19-20,31H,7-8,17-18,21H2,1-3H3. The molecule has 1 fully saturated rings. The molecule has 1 amide bonds. The second kappa shape index (κ2) is 9.71. The maximum absolute atomic E-state index is 13.4. The Balaban J connectivity index is 1.48.